The zero-order valence-corrected chi connectivity index (χ0v) is 13.2. The molecule has 0 radical (unpaired) electrons. The molecular formula is C16H24N4O. The highest BCUT2D eigenvalue weighted by molar-refractivity contribution is 5.80. The number of rotatable bonds is 4. The second-order valence-electron chi connectivity index (χ2n) is 5.26. The van der Waals surface area contributed by atoms with Crippen LogP contribution in [0.15, 0.2) is 23.3 Å². The molecule has 1 aliphatic carbocycles. The van der Waals surface area contributed by atoms with Gasteiger partial charge in [-0.25, -0.2) is 0 Å². The summed E-state index contributed by atoms with van der Waals surface area (Å²) in [7, 11) is 3.48. The van der Waals surface area contributed by atoms with Gasteiger partial charge in [-0.15, -0.1) is 0 Å². The molecule has 0 aliphatic heterocycles. The lowest BCUT2D eigenvalue weighted by molar-refractivity contribution is 0.406. The number of pyridine rings is 1. The molecule has 1 aliphatic rings. The quantitative estimate of drug-likeness (QED) is 0.506. The van der Waals surface area contributed by atoms with E-state index in [2.05, 4.69) is 32.8 Å². The van der Waals surface area contributed by atoms with E-state index in [-0.39, 0.29) is 0 Å². The Bertz CT molecular complexity index is 543. The smallest absolute Gasteiger partial charge is 0.191 e. The molecule has 2 N–H and O–H groups in total. The molecule has 0 atom stereocenters. The number of ether oxygens (including phenoxy) is 1. The van der Waals surface area contributed by atoms with Crippen LogP contribution < -0.4 is 15.4 Å². The van der Waals surface area contributed by atoms with E-state index in [1.807, 2.05) is 20.0 Å². The van der Waals surface area contributed by atoms with Crippen LogP contribution in [0.1, 0.15) is 29.7 Å². The van der Waals surface area contributed by atoms with E-state index in [4.69, 9.17) is 4.74 Å². The topological polar surface area (TPSA) is 58.5 Å². The molecule has 1 aromatic heterocycles. The molecule has 0 amide bonds. The van der Waals surface area contributed by atoms with Crippen molar-refractivity contribution < 1.29 is 4.74 Å². The minimum Gasteiger partial charge on any atom is -0.496 e. The van der Waals surface area contributed by atoms with Gasteiger partial charge in [0.05, 0.1) is 19.3 Å². The van der Waals surface area contributed by atoms with E-state index < -0.39 is 0 Å². The van der Waals surface area contributed by atoms with Gasteiger partial charge >= 0.3 is 0 Å². The average Bonchev–Trinajstić information content (AvgIpc) is 2.98. The second-order valence-corrected chi connectivity index (χ2v) is 5.26. The molecular weight excluding hydrogens is 264 g/mol. The molecule has 0 saturated carbocycles. The van der Waals surface area contributed by atoms with Gasteiger partial charge in [0, 0.05) is 30.4 Å². The maximum atomic E-state index is 5.44. The summed E-state index contributed by atoms with van der Waals surface area (Å²) in [5, 5.41) is 6.73. The number of guanidine groups is 1. The lowest BCUT2D eigenvalue weighted by atomic mass is 10.1. The number of hydrogen-bond acceptors (Lipinski definition) is 3. The summed E-state index contributed by atoms with van der Waals surface area (Å²) in [6, 6.07) is 0.442. The Hall–Kier alpha value is -2.04. The van der Waals surface area contributed by atoms with Gasteiger partial charge in [-0.3, -0.25) is 9.98 Å². The van der Waals surface area contributed by atoms with Crippen molar-refractivity contribution in [3.8, 4) is 5.75 Å². The maximum Gasteiger partial charge on any atom is 0.191 e. The van der Waals surface area contributed by atoms with Crippen LogP contribution in [-0.4, -0.2) is 31.1 Å². The molecule has 0 saturated heterocycles. The van der Waals surface area contributed by atoms with Crippen LogP contribution in [0, 0.1) is 13.8 Å². The summed E-state index contributed by atoms with van der Waals surface area (Å²) < 4.78 is 5.44. The number of nitrogens with zero attached hydrogens (tertiary/aromatic N) is 2. The van der Waals surface area contributed by atoms with Crippen LogP contribution >= 0.6 is 0 Å². The first-order valence-electron chi connectivity index (χ1n) is 7.27. The molecule has 21 heavy (non-hydrogen) atoms. The Morgan fingerprint density at radius 3 is 2.71 bits per heavy atom. The minimum absolute atomic E-state index is 0.442. The lowest BCUT2D eigenvalue weighted by Gasteiger charge is -2.18. The van der Waals surface area contributed by atoms with E-state index in [1.165, 1.54) is 0 Å². The van der Waals surface area contributed by atoms with Crippen molar-refractivity contribution >= 4 is 5.96 Å². The molecule has 0 bridgehead atoms. The van der Waals surface area contributed by atoms with Gasteiger partial charge in [-0.1, -0.05) is 12.2 Å². The second kappa shape index (κ2) is 7.11. The monoisotopic (exact) mass is 288 g/mol. The van der Waals surface area contributed by atoms with E-state index in [1.54, 1.807) is 14.2 Å². The molecule has 0 spiro atoms. The Morgan fingerprint density at radius 2 is 2.10 bits per heavy atom. The number of aryl methyl sites for hydroxylation is 1. The summed E-state index contributed by atoms with van der Waals surface area (Å²) in [5.41, 5.74) is 3.10. The molecule has 0 aromatic carbocycles. The van der Waals surface area contributed by atoms with E-state index in [0.29, 0.717) is 12.6 Å². The van der Waals surface area contributed by atoms with Gasteiger partial charge in [0.15, 0.2) is 5.96 Å². The Morgan fingerprint density at radius 1 is 1.38 bits per heavy atom. The zero-order chi connectivity index (χ0) is 15.2. The van der Waals surface area contributed by atoms with Crippen LogP contribution in [0.4, 0.5) is 0 Å². The molecule has 114 valence electrons. The maximum absolute atomic E-state index is 5.44. The van der Waals surface area contributed by atoms with Crippen LogP contribution in [0.3, 0.4) is 0 Å². The predicted molar refractivity (Wildman–Crippen MR) is 85.8 cm³/mol. The molecule has 0 unspecified atom stereocenters. The molecule has 1 aromatic rings. The third-order valence-corrected chi connectivity index (χ3v) is 3.75. The first-order valence-corrected chi connectivity index (χ1v) is 7.27. The molecule has 1 heterocycles. The summed E-state index contributed by atoms with van der Waals surface area (Å²) in [6.45, 7) is 4.67. The largest absolute Gasteiger partial charge is 0.496 e. The van der Waals surface area contributed by atoms with Crippen molar-refractivity contribution in [3.05, 3.63) is 35.2 Å². The average molecular weight is 288 g/mol. The van der Waals surface area contributed by atoms with Crippen molar-refractivity contribution in [2.24, 2.45) is 4.99 Å². The van der Waals surface area contributed by atoms with E-state index in [0.717, 1.165) is 41.4 Å². The van der Waals surface area contributed by atoms with Crippen molar-refractivity contribution in [2.45, 2.75) is 39.3 Å². The molecule has 2 rings (SSSR count). The van der Waals surface area contributed by atoms with Crippen molar-refractivity contribution in [1.82, 2.24) is 15.6 Å². The van der Waals surface area contributed by atoms with Gasteiger partial charge in [0.1, 0.15) is 5.75 Å². The van der Waals surface area contributed by atoms with E-state index in [9.17, 15) is 0 Å². The SMILES string of the molecule is CN=C(NCc1ncc(C)c(OC)c1C)NC1CC=CC1. The van der Waals surface area contributed by atoms with Crippen molar-refractivity contribution in [3.63, 3.8) is 0 Å². The highest BCUT2D eigenvalue weighted by atomic mass is 16.5. The third kappa shape index (κ3) is 3.74. The standard InChI is InChI=1S/C16H24N4O/c1-11-9-18-14(12(2)15(11)21-4)10-19-16(17-3)20-13-7-5-6-8-13/h5-6,9,13H,7-8,10H2,1-4H3,(H2,17,19,20). The number of nitrogens with one attached hydrogen (secondary N) is 2. The Kier molecular flexibility index (Phi) is 5.20. The van der Waals surface area contributed by atoms with Crippen LogP contribution in [0.25, 0.3) is 0 Å². The molecule has 5 nitrogen and oxygen atoms in total. The normalized spacial score (nSPS) is 15.3. The zero-order valence-electron chi connectivity index (χ0n) is 13.2. The predicted octanol–water partition coefficient (Wildman–Crippen LogP) is 2.09. The van der Waals surface area contributed by atoms with Gasteiger partial charge in [0.2, 0.25) is 0 Å². The summed E-state index contributed by atoms with van der Waals surface area (Å²) >= 11 is 0. The Labute approximate surface area is 126 Å². The fourth-order valence-electron chi connectivity index (χ4n) is 2.54. The van der Waals surface area contributed by atoms with Crippen LogP contribution in [0.5, 0.6) is 5.75 Å². The highest BCUT2D eigenvalue weighted by Gasteiger charge is 2.13. The van der Waals surface area contributed by atoms with Crippen LogP contribution in [0.2, 0.25) is 0 Å². The number of hydrogen-bond donors (Lipinski definition) is 2. The number of aliphatic imine (C=N–C) groups is 1. The van der Waals surface area contributed by atoms with Gasteiger partial charge in [0.25, 0.3) is 0 Å². The van der Waals surface area contributed by atoms with E-state index >= 15 is 0 Å². The summed E-state index contributed by atoms with van der Waals surface area (Å²) in [5.74, 6) is 1.72. The van der Waals surface area contributed by atoms with Gasteiger partial charge in [-0.05, 0) is 26.7 Å². The first kappa shape index (κ1) is 15.4. The lowest BCUT2D eigenvalue weighted by Crippen LogP contribution is -2.42. The summed E-state index contributed by atoms with van der Waals surface area (Å²) in [6.07, 6.45) is 8.34. The first-order chi connectivity index (χ1) is 10.2. The number of aromatic nitrogens is 1. The van der Waals surface area contributed by atoms with Crippen molar-refractivity contribution in [1.29, 1.82) is 0 Å². The fourth-order valence-corrected chi connectivity index (χ4v) is 2.54. The molecule has 5 heteroatoms. The van der Waals surface area contributed by atoms with Crippen LogP contribution in [-0.2, 0) is 6.54 Å². The highest BCUT2D eigenvalue weighted by Crippen LogP contribution is 2.23. The van der Waals surface area contributed by atoms with Gasteiger partial charge in [-0.2, -0.15) is 0 Å². The number of methoxy groups -OCH3 is 1. The van der Waals surface area contributed by atoms with Crippen molar-refractivity contribution in [2.75, 3.05) is 14.2 Å². The Balaban J connectivity index is 1.98. The third-order valence-electron chi connectivity index (χ3n) is 3.75. The fraction of sp³-hybridized carbons (Fsp3) is 0.500. The minimum atomic E-state index is 0.442. The summed E-state index contributed by atoms with van der Waals surface area (Å²) in [4.78, 5) is 8.75. The molecule has 0 fully saturated rings. The van der Waals surface area contributed by atoms with Gasteiger partial charge < -0.3 is 15.4 Å².